The van der Waals surface area contributed by atoms with Crippen molar-refractivity contribution < 1.29 is 22.0 Å². The maximum atomic E-state index is 12.1. The number of rotatable bonds is 13. The van der Waals surface area contributed by atoms with Crippen molar-refractivity contribution >= 4 is 44.9 Å². The van der Waals surface area contributed by atoms with E-state index in [1.165, 1.54) is 50.2 Å². The highest BCUT2D eigenvalue weighted by molar-refractivity contribution is 6.02. The first-order valence-electron chi connectivity index (χ1n) is 26.6. The van der Waals surface area contributed by atoms with Gasteiger partial charge < -0.3 is 27.7 Å². The number of nitrogens with zero attached hydrogens (tertiary/aromatic N) is 4. The SMILES string of the molecule is C=C[C@H]1C[N@+]2(Cc3c4ccccc4cc4ccccc34)CCC1C[C@@H]2[C@H](O)c1ccnc2ccccc12.CCN=Cc1ccccc1.C[C@@H](N)Cc1ccccc1.C[C@H](Cc1ccccc1)N=Cc1ccccc1.[Cl-]. The average molecular weight is 1010 g/mol. The molecule has 7 atom stereocenters. The van der Waals surface area contributed by atoms with Gasteiger partial charge >= 0.3 is 0 Å². The summed E-state index contributed by atoms with van der Waals surface area (Å²) in [5.74, 6) is 1.09. The number of pyridine rings is 1. The molecule has 9 aromatic rings. The quantitative estimate of drug-likeness (QED) is 0.0522. The summed E-state index contributed by atoms with van der Waals surface area (Å²) < 4.78 is 0.906. The van der Waals surface area contributed by atoms with E-state index in [1.54, 1.807) is 0 Å². The lowest BCUT2D eigenvalue weighted by Gasteiger charge is -2.58. The Labute approximate surface area is 452 Å². The van der Waals surface area contributed by atoms with Crippen LogP contribution in [0.15, 0.2) is 235 Å². The van der Waals surface area contributed by atoms with Crippen LogP contribution >= 0.6 is 0 Å². The van der Waals surface area contributed by atoms with Gasteiger partial charge in [0.05, 0.1) is 24.6 Å². The Balaban J connectivity index is 0.000000177. The topological polar surface area (TPSA) is 83.9 Å². The molecule has 384 valence electrons. The Bertz CT molecular complexity index is 3140. The van der Waals surface area contributed by atoms with Crippen molar-refractivity contribution in [2.75, 3.05) is 19.6 Å². The van der Waals surface area contributed by atoms with E-state index in [4.69, 9.17) is 5.73 Å². The van der Waals surface area contributed by atoms with Gasteiger partial charge in [0.2, 0.25) is 0 Å². The van der Waals surface area contributed by atoms with Gasteiger partial charge in [-0.25, -0.2) is 0 Å². The molecule has 12 rings (SSSR count). The number of halogens is 1. The molecule has 4 heterocycles. The maximum absolute atomic E-state index is 12.1. The third kappa shape index (κ3) is 15.1. The van der Waals surface area contributed by atoms with Crippen LogP contribution in [0.1, 0.15) is 73.1 Å². The fourth-order valence-electron chi connectivity index (χ4n) is 11.0. The predicted molar refractivity (Wildman–Crippen MR) is 314 cm³/mol. The second-order valence-corrected chi connectivity index (χ2v) is 20.1. The molecule has 0 aliphatic carbocycles. The van der Waals surface area contributed by atoms with Gasteiger partial charge in [-0.2, -0.15) is 0 Å². The second-order valence-electron chi connectivity index (χ2n) is 20.1. The minimum absolute atomic E-state index is 0. The Hall–Kier alpha value is -7.06. The van der Waals surface area contributed by atoms with Gasteiger partial charge in [0.15, 0.2) is 0 Å². The number of aliphatic hydroxyl groups is 1. The van der Waals surface area contributed by atoms with E-state index >= 15 is 0 Å². The summed E-state index contributed by atoms with van der Waals surface area (Å²) >= 11 is 0. The monoisotopic (exact) mass is 1010 g/mol. The molecule has 3 saturated heterocycles. The van der Waals surface area contributed by atoms with Crippen LogP contribution in [0, 0.1) is 11.8 Å². The number of quaternary nitrogens is 1. The summed E-state index contributed by atoms with van der Waals surface area (Å²) in [6, 6.07) is 72.0. The molecule has 1 aromatic heterocycles. The van der Waals surface area contributed by atoms with Crippen molar-refractivity contribution in [3.63, 3.8) is 0 Å². The molecular formula is C68H74ClN5O. The summed E-state index contributed by atoms with van der Waals surface area (Å²) in [4.78, 5) is 13.2. The standard InChI is InChI=1S/C34H33N2O.C16H17N.C9H13N.C9H11N.ClH/c1-2-23-21-36(22-31-27-11-5-3-9-25(27)19-26-10-4-6-12-28(26)31)18-16-24(23)20-33(36)34(37)30-15-17-35-32-14-8-7-13-29(30)32;1-14(12-15-8-4-2-5-9-15)17-13-16-10-6-3-7-11-16;1-8(10)7-9-5-3-2-4-6-9;1-2-10-8-9-6-4-3-5-7-9;/h2-15,17,19,23-24,33-34,37H,1,16,18,20-22H2;2-11,13-14H,12H2,1H3;2-6,8H,7,10H2,1H3;3-8H,2H2,1H3;1H/q+1;;;;/p-1/t23-,24?,33+,34+,36-;14-;8-;;/m011../s1. The third-order valence-corrected chi connectivity index (χ3v) is 14.7. The zero-order chi connectivity index (χ0) is 51.5. The molecule has 75 heavy (non-hydrogen) atoms. The van der Waals surface area contributed by atoms with Gasteiger partial charge in [0.1, 0.15) is 18.7 Å². The van der Waals surface area contributed by atoms with Crippen molar-refractivity contribution in [1.82, 2.24) is 4.98 Å². The molecule has 1 unspecified atom stereocenters. The summed E-state index contributed by atoms with van der Waals surface area (Å²) in [6.07, 6.45) is 11.5. The number of hydrogen-bond acceptors (Lipinski definition) is 5. The number of piperidine rings is 3. The lowest BCUT2D eigenvalue weighted by Crippen LogP contribution is -3.00. The normalized spacial score (nSPS) is 18.9. The summed E-state index contributed by atoms with van der Waals surface area (Å²) in [7, 11) is 0. The van der Waals surface area contributed by atoms with E-state index in [9.17, 15) is 5.11 Å². The van der Waals surface area contributed by atoms with Gasteiger partial charge in [-0.1, -0.05) is 194 Å². The lowest BCUT2D eigenvalue weighted by atomic mass is 9.71. The highest BCUT2D eigenvalue weighted by Crippen LogP contribution is 2.49. The molecule has 0 radical (unpaired) electrons. The first-order valence-corrected chi connectivity index (χ1v) is 26.6. The molecular weight excluding hydrogens is 938 g/mol. The van der Waals surface area contributed by atoms with Gasteiger partial charge in [0.25, 0.3) is 0 Å². The lowest BCUT2D eigenvalue weighted by molar-refractivity contribution is -0.984. The van der Waals surface area contributed by atoms with Gasteiger partial charge in [0, 0.05) is 60.9 Å². The largest absolute Gasteiger partial charge is 1.00 e. The minimum atomic E-state index is -0.539. The van der Waals surface area contributed by atoms with E-state index in [2.05, 4.69) is 144 Å². The molecule has 7 heteroatoms. The number of benzene rings is 8. The summed E-state index contributed by atoms with van der Waals surface area (Å²) in [6.45, 7) is 14.3. The van der Waals surface area contributed by atoms with E-state index in [0.29, 0.717) is 17.9 Å². The first kappa shape index (κ1) is 55.7. The molecule has 8 aromatic carbocycles. The van der Waals surface area contributed by atoms with Crippen LogP contribution in [0.3, 0.4) is 0 Å². The van der Waals surface area contributed by atoms with Crippen molar-refractivity contribution in [1.29, 1.82) is 0 Å². The van der Waals surface area contributed by atoms with E-state index in [-0.39, 0.29) is 24.5 Å². The Morgan fingerprint density at radius 1 is 0.667 bits per heavy atom. The van der Waals surface area contributed by atoms with Gasteiger partial charge in [-0.05, 0) is 107 Å². The van der Waals surface area contributed by atoms with E-state index in [1.807, 2.05) is 130 Å². The predicted octanol–water partition coefficient (Wildman–Crippen LogP) is 11.6. The molecule has 3 aliphatic rings. The molecule has 3 N–H and O–H groups in total. The van der Waals surface area contributed by atoms with Crippen LogP contribution in [-0.2, 0) is 19.4 Å². The first-order chi connectivity index (χ1) is 36.2. The van der Waals surface area contributed by atoms with Crippen LogP contribution in [0.4, 0.5) is 0 Å². The Morgan fingerprint density at radius 2 is 1.19 bits per heavy atom. The van der Waals surface area contributed by atoms with Crippen LogP contribution in [0.2, 0.25) is 0 Å². The number of aliphatic imine (C=N–C) groups is 2. The van der Waals surface area contributed by atoms with Crippen molar-refractivity contribution in [3.05, 3.63) is 258 Å². The van der Waals surface area contributed by atoms with Crippen molar-refractivity contribution in [2.45, 2.75) is 77.2 Å². The zero-order valence-corrected chi connectivity index (χ0v) is 44.7. The Morgan fingerprint density at radius 3 is 1.76 bits per heavy atom. The van der Waals surface area contributed by atoms with E-state index < -0.39 is 6.10 Å². The van der Waals surface area contributed by atoms with Crippen molar-refractivity contribution in [2.24, 2.45) is 27.6 Å². The number of aromatic nitrogens is 1. The molecule has 3 fully saturated rings. The molecule has 0 spiro atoms. The third-order valence-electron chi connectivity index (χ3n) is 14.7. The number of aliphatic hydroxyl groups excluding tert-OH is 1. The summed E-state index contributed by atoms with van der Waals surface area (Å²) in [5, 5.41) is 18.4. The smallest absolute Gasteiger partial charge is 0.131 e. The van der Waals surface area contributed by atoms with Crippen LogP contribution < -0.4 is 18.1 Å². The van der Waals surface area contributed by atoms with Gasteiger partial charge in [-0.3, -0.25) is 15.0 Å². The van der Waals surface area contributed by atoms with Crippen LogP contribution in [0.25, 0.3) is 32.4 Å². The highest BCUT2D eigenvalue weighted by atomic mass is 35.5. The molecule has 3 aliphatic heterocycles. The van der Waals surface area contributed by atoms with Crippen LogP contribution in [0.5, 0.6) is 0 Å². The fraction of sp³-hybridized carbons (Fsp3) is 0.250. The second kappa shape index (κ2) is 28.0. The molecule has 2 bridgehead atoms. The summed E-state index contributed by atoms with van der Waals surface area (Å²) in [5.41, 5.74) is 14.0. The fourth-order valence-corrected chi connectivity index (χ4v) is 11.0. The Kier molecular flexibility index (Phi) is 20.8. The zero-order valence-electron chi connectivity index (χ0n) is 44.0. The highest BCUT2D eigenvalue weighted by Gasteiger charge is 2.54. The van der Waals surface area contributed by atoms with Crippen LogP contribution in [-0.4, -0.2) is 64.8 Å². The molecule has 0 amide bonds. The number of nitrogens with two attached hydrogens (primary N) is 1. The van der Waals surface area contributed by atoms with Crippen molar-refractivity contribution in [3.8, 4) is 0 Å². The maximum Gasteiger partial charge on any atom is 0.131 e. The number of para-hydroxylation sites is 1. The average Bonchev–Trinajstić information content (AvgIpc) is 3.45. The molecule has 0 saturated carbocycles. The molecule has 6 nitrogen and oxygen atoms in total. The van der Waals surface area contributed by atoms with E-state index in [0.717, 1.165) is 72.0 Å². The number of hydrogen-bond donors (Lipinski definition) is 2. The minimum Gasteiger partial charge on any atom is -1.00 e. The number of fused-ring (bicyclic) bond motifs is 6. The van der Waals surface area contributed by atoms with Gasteiger partial charge in [-0.15, -0.1) is 6.58 Å².